The normalized spacial score (nSPS) is 19.8. The summed E-state index contributed by atoms with van der Waals surface area (Å²) in [6, 6.07) is 0.0766. The van der Waals surface area contributed by atoms with E-state index in [1.165, 1.54) is 17.7 Å². The van der Waals surface area contributed by atoms with Gasteiger partial charge in [0.15, 0.2) is 0 Å². The van der Waals surface area contributed by atoms with Crippen LogP contribution in [0, 0.1) is 12.8 Å². The van der Waals surface area contributed by atoms with Crippen LogP contribution in [0.3, 0.4) is 0 Å². The fraction of sp³-hybridized carbons (Fsp3) is 0.750. The van der Waals surface area contributed by atoms with Crippen LogP contribution in [0.25, 0.3) is 0 Å². The van der Waals surface area contributed by atoms with Crippen LogP contribution < -0.4 is 5.73 Å². The molecule has 0 saturated heterocycles. The lowest BCUT2D eigenvalue weighted by Gasteiger charge is -2.12. The average Bonchev–Trinajstić information content (AvgIpc) is 2.98. The number of nitrogens with zero attached hydrogens (tertiary/aromatic N) is 1. The summed E-state index contributed by atoms with van der Waals surface area (Å²) in [6.45, 7) is 6.85. The highest BCUT2D eigenvalue weighted by atomic mass is 32.1. The van der Waals surface area contributed by atoms with Gasteiger partial charge in [0.25, 0.3) is 0 Å². The lowest BCUT2D eigenvalue weighted by molar-refractivity contribution is 0.0461. The summed E-state index contributed by atoms with van der Waals surface area (Å²) in [5.74, 6) is 0.687. The number of ether oxygens (including phenoxy) is 1. The lowest BCUT2D eigenvalue weighted by Crippen LogP contribution is -2.06. The number of rotatable bonds is 5. The Morgan fingerprint density at radius 2 is 2.25 bits per heavy atom. The number of aryl methyl sites for hydroxylation is 1. The van der Waals surface area contributed by atoms with Gasteiger partial charge < -0.3 is 10.5 Å². The average molecular weight is 240 g/mol. The molecule has 1 aromatic heterocycles. The zero-order valence-corrected chi connectivity index (χ0v) is 11.0. The Labute approximate surface area is 101 Å². The van der Waals surface area contributed by atoms with Crippen molar-refractivity contribution in [3.05, 3.63) is 15.6 Å². The summed E-state index contributed by atoms with van der Waals surface area (Å²) in [4.78, 5) is 5.82. The zero-order chi connectivity index (χ0) is 11.7. The molecule has 2 rings (SSSR count). The van der Waals surface area contributed by atoms with Crippen molar-refractivity contribution in [2.75, 3.05) is 6.61 Å². The standard InChI is InChI=1S/C12H20N2OS/c1-4-15-10(9-5-6-9)12-14-8(3)11(16-12)7(2)13/h7,9-10H,4-6,13H2,1-3H3. The molecule has 0 aliphatic heterocycles. The second-order valence-electron chi connectivity index (χ2n) is 4.50. The molecule has 1 aliphatic carbocycles. The molecule has 1 aliphatic rings. The Morgan fingerprint density at radius 1 is 1.56 bits per heavy atom. The first-order valence-electron chi connectivity index (χ1n) is 5.97. The van der Waals surface area contributed by atoms with Gasteiger partial charge in [-0.25, -0.2) is 4.98 Å². The molecule has 0 amide bonds. The van der Waals surface area contributed by atoms with E-state index in [9.17, 15) is 0 Å². The Balaban J connectivity index is 2.20. The van der Waals surface area contributed by atoms with E-state index in [-0.39, 0.29) is 12.1 Å². The van der Waals surface area contributed by atoms with E-state index in [1.54, 1.807) is 11.3 Å². The highest BCUT2D eigenvalue weighted by Gasteiger charge is 2.35. The molecule has 2 atom stereocenters. The smallest absolute Gasteiger partial charge is 0.122 e. The Morgan fingerprint density at radius 3 is 2.69 bits per heavy atom. The van der Waals surface area contributed by atoms with Crippen LogP contribution in [0.2, 0.25) is 0 Å². The van der Waals surface area contributed by atoms with Crippen molar-refractivity contribution < 1.29 is 4.74 Å². The zero-order valence-electron chi connectivity index (χ0n) is 10.2. The molecule has 1 fully saturated rings. The minimum absolute atomic E-state index is 0.0766. The van der Waals surface area contributed by atoms with Crippen LogP contribution in [0.5, 0.6) is 0 Å². The monoisotopic (exact) mass is 240 g/mol. The fourth-order valence-corrected chi connectivity index (χ4v) is 3.13. The second kappa shape index (κ2) is 4.82. The highest BCUT2D eigenvalue weighted by molar-refractivity contribution is 7.11. The molecule has 90 valence electrons. The van der Waals surface area contributed by atoms with Crippen molar-refractivity contribution in [2.45, 2.75) is 45.8 Å². The predicted octanol–water partition coefficient (Wildman–Crippen LogP) is 2.96. The van der Waals surface area contributed by atoms with Gasteiger partial charge in [0.05, 0.1) is 5.69 Å². The van der Waals surface area contributed by atoms with Crippen LogP contribution in [-0.2, 0) is 4.74 Å². The van der Waals surface area contributed by atoms with Gasteiger partial charge in [0.2, 0.25) is 0 Å². The first-order valence-corrected chi connectivity index (χ1v) is 6.79. The molecule has 0 bridgehead atoms. The van der Waals surface area contributed by atoms with E-state index >= 15 is 0 Å². The van der Waals surface area contributed by atoms with E-state index in [4.69, 9.17) is 10.5 Å². The van der Waals surface area contributed by atoms with Gasteiger partial charge >= 0.3 is 0 Å². The van der Waals surface area contributed by atoms with Gasteiger partial charge in [-0.05, 0) is 39.5 Å². The SMILES string of the molecule is CCOC(c1nc(C)c(C(C)N)s1)C1CC1. The van der Waals surface area contributed by atoms with Crippen molar-refractivity contribution in [1.29, 1.82) is 0 Å². The molecule has 1 heterocycles. The summed E-state index contributed by atoms with van der Waals surface area (Å²) in [6.07, 6.45) is 2.76. The van der Waals surface area contributed by atoms with E-state index in [2.05, 4.69) is 4.98 Å². The molecule has 4 heteroatoms. The summed E-state index contributed by atoms with van der Waals surface area (Å²) >= 11 is 1.72. The minimum Gasteiger partial charge on any atom is -0.371 e. The van der Waals surface area contributed by atoms with Crippen molar-refractivity contribution in [3.63, 3.8) is 0 Å². The van der Waals surface area contributed by atoms with Crippen LogP contribution >= 0.6 is 11.3 Å². The van der Waals surface area contributed by atoms with Crippen LogP contribution in [-0.4, -0.2) is 11.6 Å². The highest BCUT2D eigenvalue weighted by Crippen LogP contribution is 2.45. The Hall–Kier alpha value is -0.450. The molecule has 1 saturated carbocycles. The maximum Gasteiger partial charge on any atom is 0.122 e. The number of nitrogens with two attached hydrogens (primary N) is 1. The quantitative estimate of drug-likeness (QED) is 0.860. The van der Waals surface area contributed by atoms with Crippen molar-refractivity contribution >= 4 is 11.3 Å². The Bertz CT molecular complexity index is 358. The molecule has 0 aromatic carbocycles. The number of hydrogen-bond acceptors (Lipinski definition) is 4. The van der Waals surface area contributed by atoms with Crippen LogP contribution in [0.4, 0.5) is 0 Å². The second-order valence-corrected chi connectivity index (χ2v) is 5.57. The third-order valence-corrected chi connectivity index (χ3v) is 4.32. The van der Waals surface area contributed by atoms with Gasteiger partial charge in [0, 0.05) is 17.5 Å². The molecule has 16 heavy (non-hydrogen) atoms. The summed E-state index contributed by atoms with van der Waals surface area (Å²) in [5, 5.41) is 1.12. The van der Waals surface area contributed by atoms with Gasteiger partial charge in [-0.2, -0.15) is 0 Å². The minimum atomic E-state index is 0.0766. The number of hydrogen-bond donors (Lipinski definition) is 1. The number of aromatic nitrogens is 1. The Kier molecular flexibility index (Phi) is 3.62. The van der Waals surface area contributed by atoms with Gasteiger partial charge in [-0.15, -0.1) is 11.3 Å². The number of thiazole rings is 1. The molecule has 2 N–H and O–H groups in total. The van der Waals surface area contributed by atoms with Crippen molar-refractivity contribution in [3.8, 4) is 0 Å². The lowest BCUT2D eigenvalue weighted by atomic mass is 10.2. The molecular weight excluding hydrogens is 220 g/mol. The van der Waals surface area contributed by atoms with Gasteiger partial charge in [0.1, 0.15) is 11.1 Å². The van der Waals surface area contributed by atoms with Crippen LogP contribution in [0.15, 0.2) is 0 Å². The predicted molar refractivity (Wildman–Crippen MR) is 66.5 cm³/mol. The molecule has 2 unspecified atom stereocenters. The van der Waals surface area contributed by atoms with Gasteiger partial charge in [-0.3, -0.25) is 0 Å². The van der Waals surface area contributed by atoms with E-state index < -0.39 is 0 Å². The fourth-order valence-electron chi connectivity index (χ4n) is 1.96. The van der Waals surface area contributed by atoms with Crippen LogP contribution in [0.1, 0.15) is 54.4 Å². The van der Waals surface area contributed by atoms with Gasteiger partial charge in [-0.1, -0.05) is 0 Å². The van der Waals surface area contributed by atoms with E-state index in [0.717, 1.165) is 17.3 Å². The summed E-state index contributed by atoms with van der Waals surface area (Å²) < 4.78 is 5.81. The summed E-state index contributed by atoms with van der Waals surface area (Å²) in [7, 11) is 0. The van der Waals surface area contributed by atoms with E-state index in [1.807, 2.05) is 20.8 Å². The largest absolute Gasteiger partial charge is 0.371 e. The topological polar surface area (TPSA) is 48.1 Å². The molecule has 0 radical (unpaired) electrons. The van der Waals surface area contributed by atoms with Crippen molar-refractivity contribution in [2.24, 2.45) is 11.7 Å². The van der Waals surface area contributed by atoms with E-state index in [0.29, 0.717) is 5.92 Å². The maximum absolute atomic E-state index is 5.92. The molecule has 1 aromatic rings. The third kappa shape index (κ3) is 2.44. The molecular formula is C12H20N2OS. The van der Waals surface area contributed by atoms with Crippen molar-refractivity contribution in [1.82, 2.24) is 4.98 Å². The molecule has 0 spiro atoms. The summed E-state index contributed by atoms with van der Waals surface area (Å²) in [5.41, 5.74) is 6.99. The third-order valence-electron chi connectivity index (χ3n) is 2.90. The maximum atomic E-state index is 5.92. The first-order chi connectivity index (χ1) is 7.63. The molecule has 3 nitrogen and oxygen atoms in total. The first kappa shape index (κ1) is 12.0.